The minimum atomic E-state index is -0.957. The Bertz CT molecular complexity index is 683. The number of hydrogen-bond donors (Lipinski definition) is 2. The Morgan fingerprint density at radius 3 is 2.57 bits per heavy atom. The Labute approximate surface area is 134 Å². The molecule has 0 bridgehead atoms. The summed E-state index contributed by atoms with van der Waals surface area (Å²) in [5, 5.41) is 11.7. The van der Waals surface area contributed by atoms with Crippen LogP contribution in [-0.4, -0.2) is 23.7 Å². The second kappa shape index (κ2) is 7.98. The van der Waals surface area contributed by atoms with Crippen molar-refractivity contribution < 1.29 is 19.4 Å². The van der Waals surface area contributed by atoms with E-state index < -0.39 is 12.1 Å². The van der Waals surface area contributed by atoms with E-state index in [0.29, 0.717) is 13.0 Å². The number of carboxylic acid groups (broad SMARTS) is 1. The maximum atomic E-state index is 11.6. The van der Waals surface area contributed by atoms with Crippen LogP contribution in [0.3, 0.4) is 0 Å². The molecule has 0 unspecified atom stereocenters. The lowest BCUT2D eigenvalue weighted by molar-refractivity contribution is 0.0696. The molecular weight excluding hydrogens is 294 g/mol. The molecule has 0 spiro atoms. The molecule has 0 aliphatic rings. The maximum Gasteiger partial charge on any atom is 0.407 e. The SMILES string of the molecule is Cc1ccc(C(=O)O)cc1CCNC(=O)OCc1ccccc1. The lowest BCUT2D eigenvalue weighted by Gasteiger charge is -2.09. The largest absolute Gasteiger partial charge is 0.478 e. The summed E-state index contributed by atoms with van der Waals surface area (Å²) >= 11 is 0. The summed E-state index contributed by atoms with van der Waals surface area (Å²) in [5.41, 5.74) is 3.06. The smallest absolute Gasteiger partial charge is 0.407 e. The fourth-order valence-corrected chi connectivity index (χ4v) is 2.15. The van der Waals surface area contributed by atoms with Crippen LogP contribution in [-0.2, 0) is 17.8 Å². The average Bonchev–Trinajstić information content (AvgIpc) is 2.55. The van der Waals surface area contributed by atoms with E-state index in [0.717, 1.165) is 16.7 Å². The van der Waals surface area contributed by atoms with E-state index in [4.69, 9.17) is 9.84 Å². The van der Waals surface area contributed by atoms with Crippen LogP contribution >= 0.6 is 0 Å². The van der Waals surface area contributed by atoms with Crippen molar-refractivity contribution in [1.29, 1.82) is 0 Å². The molecule has 0 saturated carbocycles. The number of carbonyl (C=O) groups is 2. The number of benzene rings is 2. The van der Waals surface area contributed by atoms with Crippen LogP contribution in [0.1, 0.15) is 27.0 Å². The summed E-state index contributed by atoms with van der Waals surface area (Å²) in [4.78, 5) is 22.6. The molecule has 0 saturated heterocycles. The normalized spacial score (nSPS) is 10.1. The zero-order chi connectivity index (χ0) is 16.7. The third kappa shape index (κ3) is 5.14. The minimum absolute atomic E-state index is 0.222. The number of amides is 1. The van der Waals surface area contributed by atoms with E-state index in [-0.39, 0.29) is 12.2 Å². The van der Waals surface area contributed by atoms with Gasteiger partial charge in [0.1, 0.15) is 6.61 Å². The summed E-state index contributed by atoms with van der Waals surface area (Å²) in [6.07, 6.45) is 0.0637. The van der Waals surface area contributed by atoms with Gasteiger partial charge in [0.15, 0.2) is 0 Å². The standard InChI is InChI=1S/C18H19NO4/c1-13-7-8-16(17(20)21)11-15(13)9-10-19-18(22)23-12-14-5-3-2-4-6-14/h2-8,11H,9-10,12H2,1H3,(H,19,22)(H,20,21). The van der Waals surface area contributed by atoms with Crippen LogP contribution in [0, 0.1) is 6.92 Å². The van der Waals surface area contributed by atoms with Gasteiger partial charge in [0.05, 0.1) is 5.56 Å². The Morgan fingerprint density at radius 2 is 1.87 bits per heavy atom. The third-order valence-corrected chi connectivity index (χ3v) is 3.47. The van der Waals surface area contributed by atoms with Crippen molar-refractivity contribution in [2.24, 2.45) is 0 Å². The lowest BCUT2D eigenvalue weighted by Crippen LogP contribution is -2.26. The summed E-state index contributed by atoms with van der Waals surface area (Å²) in [5.74, 6) is -0.957. The number of carboxylic acids is 1. The highest BCUT2D eigenvalue weighted by Crippen LogP contribution is 2.12. The van der Waals surface area contributed by atoms with E-state index in [1.807, 2.05) is 37.3 Å². The Kier molecular flexibility index (Phi) is 5.74. The Hall–Kier alpha value is -2.82. The minimum Gasteiger partial charge on any atom is -0.478 e. The van der Waals surface area contributed by atoms with Gasteiger partial charge in [0.25, 0.3) is 0 Å². The van der Waals surface area contributed by atoms with Gasteiger partial charge in [-0.05, 0) is 42.2 Å². The van der Waals surface area contributed by atoms with Gasteiger partial charge in [0, 0.05) is 6.54 Å². The molecule has 0 aromatic heterocycles. The molecule has 23 heavy (non-hydrogen) atoms. The maximum absolute atomic E-state index is 11.6. The van der Waals surface area contributed by atoms with Crippen molar-refractivity contribution in [1.82, 2.24) is 5.32 Å². The first-order valence-electron chi connectivity index (χ1n) is 7.33. The van der Waals surface area contributed by atoms with Crippen molar-refractivity contribution in [3.63, 3.8) is 0 Å². The fraction of sp³-hybridized carbons (Fsp3) is 0.222. The second-order valence-corrected chi connectivity index (χ2v) is 5.18. The summed E-state index contributed by atoms with van der Waals surface area (Å²) in [6, 6.07) is 14.4. The molecule has 0 atom stereocenters. The molecule has 0 heterocycles. The Balaban J connectivity index is 1.79. The van der Waals surface area contributed by atoms with E-state index in [1.165, 1.54) is 0 Å². The van der Waals surface area contributed by atoms with Crippen LogP contribution in [0.15, 0.2) is 48.5 Å². The van der Waals surface area contributed by atoms with Gasteiger partial charge in [-0.15, -0.1) is 0 Å². The summed E-state index contributed by atoms with van der Waals surface area (Å²) in [7, 11) is 0. The summed E-state index contributed by atoms with van der Waals surface area (Å²) < 4.78 is 5.11. The third-order valence-electron chi connectivity index (χ3n) is 3.47. The number of alkyl carbamates (subject to hydrolysis) is 1. The lowest BCUT2D eigenvalue weighted by atomic mass is 10.0. The number of aryl methyl sites for hydroxylation is 1. The average molecular weight is 313 g/mol. The second-order valence-electron chi connectivity index (χ2n) is 5.18. The van der Waals surface area contributed by atoms with Crippen molar-refractivity contribution in [2.75, 3.05) is 6.54 Å². The van der Waals surface area contributed by atoms with Crippen LogP contribution in [0.5, 0.6) is 0 Å². The topological polar surface area (TPSA) is 75.6 Å². The van der Waals surface area contributed by atoms with Crippen LogP contribution < -0.4 is 5.32 Å². The molecule has 0 fully saturated rings. The molecule has 120 valence electrons. The first-order chi connectivity index (χ1) is 11.1. The van der Waals surface area contributed by atoms with Gasteiger partial charge < -0.3 is 15.2 Å². The molecule has 5 nitrogen and oxygen atoms in total. The van der Waals surface area contributed by atoms with Gasteiger partial charge in [-0.2, -0.15) is 0 Å². The molecule has 5 heteroatoms. The van der Waals surface area contributed by atoms with Crippen molar-refractivity contribution in [3.8, 4) is 0 Å². The summed E-state index contributed by atoms with van der Waals surface area (Å²) in [6.45, 7) is 2.52. The zero-order valence-corrected chi connectivity index (χ0v) is 12.9. The molecule has 0 aliphatic heterocycles. The van der Waals surface area contributed by atoms with E-state index in [1.54, 1.807) is 18.2 Å². The molecule has 1 amide bonds. The number of ether oxygens (including phenoxy) is 1. The van der Waals surface area contributed by atoms with Gasteiger partial charge in [-0.1, -0.05) is 36.4 Å². The molecule has 2 aromatic rings. The first kappa shape index (κ1) is 16.5. The van der Waals surface area contributed by atoms with E-state index in [2.05, 4.69) is 5.32 Å². The molecule has 0 radical (unpaired) electrons. The Morgan fingerprint density at radius 1 is 1.13 bits per heavy atom. The number of carbonyl (C=O) groups excluding carboxylic acids is 1. The molecule has 2 aromatic carbocycles. The zero-order valence-electron chi connectivity index (χ0n) is 12.9. The van der Waals surface area contributed by atoms with Crippen molar-refractivity contribution >= 4 is 12.1 Å². The van der Waals surface area contributed by atoms with Crippen LogP contribution in [0.2, 0.25) is 0 Å². The number of hydrogen-bond acceptors (Lipinski definition) is 3. The molecule has 0 aliphatic carbocycles. The van der Waals surface area contributed by atoms with Gasteiger partial charge >= 0.3 is 12.1 Å². The highest BCUT2D eigenvalue weighted by molar-refractivity contribution is 5.87. The fourth-order valence-electron chi connectivity index (χ4n) is 2.15. The van der Waals surface area contributed by atoms with E-state index >= 15 is 0 Å². The highest BCUT2D eigenvalue weighted by atomic mass is 16.5. The predicted molar refractivity (Wildman–Crippen MR) is 86.5 cm³/mol. The van der Waals surface area contributed by atoms with Crippen LogP contribution in [0.4, 0.5) is 4.79 Å². The van der Waals surface area contributed by atoms with E-state index in [9.17, 15) is 9.59 Å². The van der Waals surface area contributed by atoms with Gasteiger partial charge in [-0.3, -0.25) is 0 Å². The molecular formula is C18H19NO4. The molecule has 2 N–H and O–H groups in total. The monoisotopic (exact) mass is 313 g/mol. The highest BCUT2D eigenvalue weighted by Gasteiger charge is 2.07. The first-order valence-corrected chi connectivity index (χ1v) is 7.33. The van der Waals surface area contributed by atoms with Gasteiger partial charge in [-0.25, -0.2) is 9.59 Å². The van der Waals surface area contributed by atoms with Crippen LogP contribution in [0.25, 0.3) is 0 Å². The van der Waals surface area contributed by atoms with Crippen molar-refractivity contribution in [3.05, 3.63) is 70.8 Å². The quantitative estimate of drug-likeness (QED) is 0.859. The molecule has 2 rings (SSSR count). The predicted octanol–water partition coefficient (Wildman–Crippen LogP) is 3.16. The number of aromatic carboxylic acids is 1. The van der Waals surface area contributed by atoms with Gasteiger partial charge in [0.2, 0.25) is 0 Å². The number of nitrogens with one attached hydrogen (secondary N) is 1. The van der Waals surface area contributed by atoms with Crippen molar-refractivity contribution in [2.45, 2.75) is 20.0 Å². The number of rotatable bonds is 6.